The van der Waals surface area contributed by atoms with E-state index in [1.165, 1.54) is 12.7 Å². The summed E-state index contributed by atoms with van der Waals surface area (Å²) >= 11 is 6.26. The zero-order chi connectivity index (χ0) is 22.1. The van der Waals surface area contributed by atoms with Crippen LogP contribution < -0.4 is 9.47 Å². The Balaban J connectivity index is 1.41. The molecule has 0 heterocycles. The van der Waals surface area contributed by atoms with Crippen LogP contribution in [0.2, 0.25) is 5.02 Å². The lowest BCUT2D eigenvalue weighted by Gasteiger charge is -2.13. The first-order chi connectivity index (χ1) is 15.1. The third-order valence-electron chi connectivity index (χ3n) is 4.78. The molecule has 0 amide bonds. The summed E-state index contributed by atoms with van der Waals surface area (Å²) < 4.78 is 16.5. The fraction of sp³-hybridized carbons (Fsp3) is 0.240. The summed E-state index contributed by atoms with van der Waals surface area (Å²) in [6.07, 6.45) is -0.0185. The first kappa shape index (κ1) is 22.7. The predicted molar refractivity (Wildman–Crippen MR) is 121 cm³/mol. The number of hydrogen-bond donors (Lipinski definition) is 1. The van der Waals surface area contributed by atoms with Gasteiger partial charge in [0, 0.05) is 25.0 Å². The zero-order valence-corrected chi connectivity index (χ0v) is 18.0. The van der Waals surface area contributed by atoms with Crippen molar-refractivity contribution in [3.63, 3.8) is 0 Å². The molecule has 0 saturated carbocycles. The second kappa shape index (κ2) is 11.4. The van der Waals surface area contributed by atoms with Crippen LogP contribution in [0.3, 0.4) is 0 Å². The number of aliphatic carboxylic acids is 1. The van der Waals surface area contributed by atoms with Gasteiger partial charge in [-0.15, -0.1) is 0 Å². The topological polar surface area (TPSA) is 65.0 Å². The monoisotopic (exact) mass is 440 g/mol. The van der Waals surface area contributed by atoms with Crippen LogP contribution in [0.15, 0.2) is 72.8 Å². The number of carboxylic acids is 1. The number of benzene rings is 3. The Morgan fingerprint density at radius 1 is 0.903 bits per heavy atom. The Morgan fingerprint density at radius 2 is 1.52 bits per heavy atom. The molecule has 0 fully saturated rings. The van der Waals surface area contributed by atoms with Crippen LogP contribution >= 0.6 is 11.6 Å². The second-order valence-electron chi connectivity index (χ2n) is 6.96. The van der Waals surface area contributed by atoms with Crippen molar-refractivity contribution < 1.29 is 24.1 Å². The molecule has 162 valence electrons. The average molecular weight is 441 g/mol. The Bertz CT molecular complexity index is 973. The van der Waals surface area contributed by atoms with Crippen LogP contribution in [-0.4, -0.2) is 37.5 Å². The first-order valence-electron chi connectivity index (χ1n) is 10.0. The van der Waals surface area contributed by atoms with Gasteiger partial charge in [0.25, 0.3) is 0 Å². The van der Waals surface area contributed by atoms with E-state index in [-0.39, 0.29) is 6.42 Å². The first-order valence-corrected chi connectivity index (χ1v) is 10.4. The highest BCUT2D eigenvalue weighted by Gasteiger charge is 2.18. The lowest BCUT2D eigenvalue weighted by atomic mass is 10.1. The van der Waals surface area contributed by atoms with E-state index in [9.17, 15) is 4.79 Å². The second-order valence-corrected chi connectivity index (χ2v) is 7.37. The zero-order valence-electron chi connectivity index (χ0n) is 17.3. The summed E-state index contributed by atoms with van der Waals surface area (Å²) in [5.74, 6) is 0.428. The van der Waals surface area contributed by atoms with Crippen LogP contribution in [0.5, 0.6) is 11.5 Å². The van der Waals surface area contributed by atoms with Gasteiger partial charge in [0.05, 0.1) is 13.2 Å². The molecule has 1 atom stereocenters. The molecule has 3 rings (SSSR count). The quantitative estimate of drug-likeness (QED) is 0.399. The standard InChI is InChI=1S/C25H25ClO5/c1-29-24(25(27)28)16-20-10-13-22(17-23(20)26)31-15-5-14-30-21-11-8-19(9-12-21)18-6-3-2-4-7-18/h2-4,6-13,17,24H,5,14-16H2,1H3,(H,27,28)/t24-/m0/s1. The Labute approximate surface area is 187 Å². The number of hydrogen-bond acceptors (Lipinski definition) is 4. The number of halogens is 1. The highest BCUT2D eigenvalue weighted by molar-refractivity contribution is 6.31. The lowest BCUT2D eigenvalue weighted by molar-refractivity contribution is -0.148. The molecule has 0 bridgehead atoms. The van der Waals surface area contributed by atoms with Gasteiger partial charge in [-0.1, -0.05) is 60.1 Å². The predicted octanol–water partition coefficient (Wildman–Crippen LogP) is 5.50. The van der Waals surface area contributed by atoms with E-state index in [1.54, 1.807) is 18.2 Å². The van der Waals surface area contributed by atoms with Crippen LogP contribution in [0.25, 0.3) is 11.1 Å². The van der Waals surface area contributed by atoms with Gasteiger partial charge in [-0.05, 0) is 41.0 Å². The number of rotatable bonds is 11. The summed E-state index contributed by atoms with van der Waals surface area (Å²) in [6, 6.07) is 23.4. The molecule has 0 aliphatic carbocycles. The van der Waals surface area contributed by atoms with Gasteiger partial charge in [0.15, 0.2) is 6.10 Å². The van der Waals surface area contributed by atoms with Crippen LogP contribution in [0.1, 0.15) is 12.0 Å². The molecular weight excluding hydrogens is 416 g/mol. The molecule has 6 heteroatoms. The molecule has 0 aliphatic rings. The van der Waals surface area contributed by atoms with E-state index in [1.807, 2.05) is 42.5 Å². The fourth-order valence-corrected chi connectivity index (χ4v) is 3.32. The van der Waals surface area contributed by atoms with Crippen molar-refractivity contribution in [3.05, 3.63) is 83.4 Å². The minimum atomic E-state index is -1.02. The van der Waals surface area contributed by atoms with Crippen molar-refractivity contribution in [2.45, 2.75) is 18.9 Å². The van der Waals surface area contributed by atoms with Gasteiger partial charge in [0.2, 0.25) is 0 Å². The summed E-state index contributed by atoms with van der Waals surface area (Å²) in [6.45, 7) is 1.01. The maximum atomic E-state index is 11.1. The minimum absolute atomic E-state index is 0.196. The fourth-order valence-electron chi connectivity index (χ4n) is 3.07. The number of ether oxygens (including phenoxy) is 3. The number of carboxylic acid groups (broad SMARTS) is 1. The average Bonchev–Trinajstić information content (AvgIpc) is 2.79. The van der Waals surface area contributed by atoms with Crippen LogP contribution in [-0.2, 0) is 16.0 Å². The van der Waals surface area contributed by atoms with E-state index >= 15 is 0 Å². The molecular formula is C25H25ClO5. The molecule has 0 aromatic heterocycles. The summed E-state index contributed by atoms with van der Waals surface area (Å²) in [5.41, 5.74) is 3.02. The largest absolute Gasteiger partial charge is 0.493 e. The summed E-state index contributed by atoms with van der Waals surface area (Å²) in [4.78, 5) is 11.1. The van der Waals surface area contributed by atoms with E-state index < -0.39 is 12.1 Å². The van der Waals surface area contributed by atoms with Crippen molar-refractivity contribution in [1.82, 2.24) is 0 Å². The van der Waals surface area contributed by atoms with E-state index in [2.05, 4.69) is 12.1 Å². The highest BCUT2D eigenvalue weighted by Crippen LogP contribution is 2.25. The number of methoxy groups -OCH3 is 1. The Morgan fingerprint density at radius 3 is 2.13 bits per heavy atom. The lowest BCUT2D eigenvalue weighted by Crippen LogP contribution is -2.24. The van der Waals surface area contributed by atoms with Crippen molar-refractivity contribution >= 4 is 17.6 Å². The van der Waals surface area contributed by atoms with Crippen molar-refractivity contribution in [3.8, 4) is 22.6 Å². The van der Waals surface area contributed by atoms with Crippen LogP contribution in [0.4, 0.5) is 0 Å². The smallest absolute Gasteiger partial charge is 0.333 e. The van der Waals surface area contributed by atoms with Gasteiger partial charge >= 0.3 is 5.97 Å². The SMILES string of the molecule is CO[C@@H](Cc1ccc(OCCCOc2ccc(-c3ccccc3)cc2)cc1Cl)C(=O)O. The third-order valence-corrected chi connectivity index (χ3v) is 5.13. The molecule has 0 spiro atoms. The van der Waals surface area contributed by atoms with Gasteiger partial charge in [-0.2, -0.15) is 0 Å². The van der Waals surface area contributed by atoms with E-state index in [0.29, 0.717) is 36.0 Å². The molecule has 0 unspecified atom stereocenters. The van der Waals surface area contributed by atoms with Crippen LogP contribution in [0, 0.1) is 0 Å². The number of carbonyl (C=O) groups is 1. The Kier molecular flexibility index (Phi) is 8.33. The van der Waals surface area contributed by atoms with E-state index in [4.69, 9.17) is 30.9 Å². The highest BCUT2D eigenvalue weighted by atomic mass is 35.5. The molecule has 3 aromatic carbocycles. The summed E-state index contributed by atoms with van der Waals surface area (Å²) in [5, 5.41) is 9.54. The maximum absolute atomic E-state index is 11.1. The van der Waals surface area contributed by atoms with Gasteiger partial charge in [-0.25, -0.2) is 4.79 Å². The third kappa shape index (κ3) is 6.74. The Hall–Kier alpha value is -3.02. The molecule has 1 N–H and O–H groups in total. The molecule has 5 nitrogen and oxygen atoms in total. The molecule has 0 radical (unpaired) electrons. The molecule has 3 aromatic rings. The maximum Gasteiger partial charge on any atom is 0.333 e. The van der Waals surface area contributed by atoms with E-state index in [0.717, 1.165) is 11.3 Å². The van der Waals surface area contributed by atoms with Gasteiger partial charge in [0.1, 0.15) is 11.5 Å². The molecule has 31 heavy (non-hydrogen) atoms. The van der Waals surface area contributed by atoms with Gasteiger partial charge in [-0.3, -0.25) is 0 Å². The van der Waals surface area contributed by atoms with Crippen molar-refractivity contribution in [1.29, 1.82) is 0 Å². The van der Waals surface area contributed by atoms with Crippen molar-refractivity contribution in [2.75, 3.05) is 20.3 Å². The minimum Gasteiger partial charge on any atom is -0.493 e. The molecule has 0 aliphatic heterocycles. The van der Waals surface area contributed by atoms with Crippen molar-refractivity contribution in [2.24, 2.45) is 0 Å². The van der Waals surface area contributed by atoms with Gasteiger partial charge < -0.3 is 19.3 Å². The summed E-state index contributed by atoms with van der Waals surface area (Å²) in [7, 11) is 1.36. The normalized spacial score (nSPS) is 11.7. The molecule has 0 saturated heterocycles.